The Morgan fingerprint density at radius 3 is 2.57 bits per heavy atom. The van der Waals surface area contributed by atoms with Gasteiger partial charge >= 0.3 is 0 Å². The Hall–Kier alpha value is -2.71. The van der Waals surface area contributed by atoms with E-state index in [1.807, 2.05) is 0 Å². The molecule has 5 rings (SSSR count). The Morgan fingerprint density at radius 2 is 1.83 bits per heavy atom. The molecule has 2 atom stereocenters. The number of fused-ring (bicyclic) bond motifs is 1. The third-order valence-electron chi connectivity index (χ3n) is 5.93. The van der Waals surface area contributed by atoms with Crippen LogP contribution < -0.4 is 4.90 Å². The van der Waals surface area contributed by atoms with E-state index in [2.05, 4.69) is 9.88 Å². The van der Waals surface area contributed by atoms with Crippen LogP contribution in [0.3, 0.4) is 0 Å². The van der Waals surface area contributed by atoms with Gasteiger partial charge in [0.25, 0.3) is 10.0 Å². The third kappa shape index (κ3) is 3.20. The Kier molecular flexibility index (Phi) is 4.63. The highest BCUT2D eigenvalue weighted by Gasteiger charge is 2.37. The molecule has 0 bridgehead atoms. The predicted molar refractivity (Wildman–Crippen MR) is 111 cm³/mol. The van der Waals surface area contributed by atoms with Gasteiger partial charge in [0, 0.05) is 42.9 Å². The van der Waals surface area contributed by atoms with Gasteiger partial charge in [-0.1, -0.05) is 12.1 Å². The molecular weight excluding hydrogens is 405 g/mol. The van der Waals surface area contributed by atoms with Crippen molar-refractivity contribution >= 4 is 15.7 Å². The summed E-state index contributed by atoms with van der Waals surface area (Å²) in [5.41, 5.74) is 2.05. The van der Waals surface area contributed by atoms with Crippen molar-refractivity contribution in [3.8, 4) is 11.3 Å². The average molecular weight is 428 g/mol. The van der Waals surface area contributed by atoms with Gasteiger partial charge in [0.1, 0.15) is 10.7 Å². The summed E-state index contributed by atoms with van der Waals surface area (Å²) in [5, 5.41) is 0. The summed E-state index contributed by atoms with van der Waals surface area (Å²) in [4.78, 5) is 6.46. The lowest BCUT2D eigenvalue weighted by molar-refractivity contribution is 0.177. The maximum atomic E-state index is 14.4. The topological polar surface area (TPSA) is 64.4 Å². The summed E-state index contributed by atoms with van der Waals surface area (Å²) in [6.07, 6.45) is 4.56. The highest BCUT2D eigenvalue weighted by Crippen LogP contribution is 2.34. The second-order valence-corrected chi connectivity index (χ2v) is 9.84. The zero-order valence-electron chi connectivity index (χ0n) is 16.5. The Morgan fingerprint density at radius 1 is 1.10 bits per heavy atom. The minimum absolute atomic E-state index is 0.0847. The molecule has 2 saturated heterocycles. The molecule has 2 aliphatic heterocycles. The molecule has 30 heavy (non-hydrogen) atoms. The third-order valence-corrected chi connectivity index (χ3v) is 7.57. The minimum atomic E-state index is -3.95. The van der Waals surface area contributed by atoms with Crippen LogP contribution in [0.1, 0.15) is 5.56 Å². The van der Waals surface area contributed by atoms with Gasteiger partial charge in [-0.05, 0) is 36.8 Å². The Labute approximate surface area is 175 Å². The van der Waals surface area contributed by atoms with Crippen molar-refractivity contribution in [3.63, 3.8) is 0 Å². The van der Waals surface area contributed by atoms with Crippen molar-refractivity contribution in [2.24, 2.45) is 11.8 Å². The van der Waals surface area contributed by atoms with E-state index in [9.17, 15) is 12.8 Å². The Balaban J connectivity index is 1.53. The number of hydrogen-bond donors (Lipinski definition) is 0. The van der Waals surface area contributed by atoms with E-state index in [4.69, 9.17) is 4.74 Å². The second-order valence-electron chi connectivity index (χ2n) is 8.02. The van der Waals surface area contributed by atoms with E-state index in [0.717, 1.165) is 41.5 Å². The summed E-state index contributed by atoms with van der Waals surface area (Å²) in [6.45, 7) is 4.95. The smallest absolute Gasteiger partial charge is 0.269 e. The SMILES string of the molecule is Cc1cc(-c2ccccc2F)n(S(=O)(=O)c2cncc(N3CC4COCC4C3)c2)c1. The first-order valence-electron chi connectivity index (χ1n) is 9.91. The average Bonchev–Trinajstić information content (AvgIpc) is 3.43. The van der Waals surface area contributed by atoms with Crippen LogP contribution in [0.4, 0.5) is 10.1 Å². The van der Waals surface area contributed by atoms with E-state index in [1.165, 1.54) is 18.5 Å². The molecule has 8 heteroatoms. The Bertz CT molecular complexity index is 1200. The molecule has 4 heterocycles. The number of benzene rings is 1. The van der Waals surface area contributed by atoms with Crippen LogP contribution in [0.15, 0.2) is 59.9 Å². The molecule has 2 fully saturated rings. The highest BCUT2D eigenvalue weighted by molar-refractivity contribution is 7.90. The van der Waals surface area contributed by atoms with Gasteiger partial charge in [-0.3, -0.25) is 4.98 Å². The molecule has 2 aliphatic rings. The van der Waals surface area contributed by atoms with Gasteiger partial charge < -0.3 is 9.64 Å². The standard InChI is InChI=1S/C22H22FN3O3S/c1-15-6-22(20-4-2-3-5-21(20)23)26(10-15)30(27,28)19-7-18(8-24-9-19)25-11-16-13-29-14-17(16)12-25/h2-10,16-17H,11-14H2,1H3. The van der Waals surface area contributed by atoms with Crippen molar-refractivity contribution in [3.05, 3.63) is 66.4 Å². The van der Waals surface area contributed by atoms with Gasteiger partial charge in [-0.2, -0.15) is 0 Å². The predicted octanol–water partition coefficient (Wildman–Crippen LogP) is 3.32. The van der Waals surface area contributed by atoms with Crippen molar-refractivity contribution < 1.29 is 17.5 Å². The molecule has 0 spiro atoms. The van der Waals surface area contributed by atoms with Crippen molar-refractivity contribution in [1.82, 2.24) is 8.96 Å². The van der Waals surface area contributed by atoms with E-state index >= 15 is 0 Å². The van der Waals surface area contributed by atoms with Crippen LogP contribution in [0.25, 0.3) is 11.3 Å². The van der Waals surface area contributed by atoms with Gasteiger partial charge in [0.15, 0.2) is 0 Å². The summed E-state index contributed by atoms with van der Waals surface area (Å²) in [6, 6.07) is 9.51. The molecule has 0 amide bonds. The van der Waals surface area contributed by atoms with Crippen LogP contribution >= 0.6 is 0 Å². The minimum Gasteiger partial charge on any atom is -0.381 e. The fraction of sp³-hybridized carbons (Fsp3) is 0.318. The van der Waals surface area contributed by atoms with Crippen LogP contribution in [0.2, 0.25) is 0 Å². The lowest BCUT2D eigenvalue weighted by Crippen LogP contribution is -2.23. The zero-order chi connectivity index (χ0) is 20.9. The quantitative estimate of drug-likeness (QED) is 0.639. The van der Waals surface area contributed by atoms with Crippen LogP contribution in [0, 0.1) is 24.6 Å². The van der Waals surface area contributed by atoms with Crippen LogP contribution in [0.5, 0.6) is 0 Å². The van der Waals surface area contributed by atoms with Gasteiger partial charge in [-0.15, -0.1) is 0 Å². The molecule has 6 nitrogen and oxygen atoms in total. The first kappa shape index (κ1) is 19.3. The maximum absolute atomic E-state index is 14.4. The highest BCUT2D eigenvalue weighted by atomic mass is 32.2. The van der Waals surface area contributed by atoms with E-state index < -0.39 is 15.8 Å². The molecule has 3 aromatic rings. The van der Waals surface area contributed by atoms with E-state index in [-0.39, 0.29) is 10.5 Å². The second kappa shape index (κ2) is 7.21. The first-order chi connectivity index (χ1) is 14.4. The number of rotatable bonds is 4. The number of ether oxygens (including phenoxy) is 1. The van der Waals surface area contributed by atoms with E-state index in [1.54, 1.807) is 43.5 Å². The molecule has 2 aromatic heterocycles. The fourth-order valence-electron chi connectivity index (χ4n) is 4.37. The van der Waals surface area contributed by atoms with Gasteiger partial charge in [0.05, 0.1) is 30.8 Å². The number of aryl methyl sites for hydroxylation is 1. The number of anilines is 1. The number of aromatic nitrogens is 2. The lowest BCUT2D eigenvalue weighted by Gasteiger charge is -2.20. The largest absolute Gasteiger partial charge is 0.381 e. The molecule has 0 N–H and O–H groups in total. The number of nitrogens with zero attached hydrogens (tertiary/aromatic N) is 3. The van der Waals surface area contributed by atoms with Crippen LogP contribution in [-0.2, 0) is 14.8 Å². The van der Waals surface area contributed by atoms with Gasteiger partial charge in [0.2, 0.25) is 0 Å². The van der Waals surface area contributed by atoms with Crippen LogP contribution in [-0.4, -0.2) is 43.7 Å². The molecule has 0 radical (unpaired) electrons. The monoisotopic (exact) mass is 427 g/mol. The van der Waals surface area contributed by atoms with Gasteiger partial charge in [-0.25, -0.2) is 16.8 Å². The molecule has 0 aliphatic carbocycles. The van der Waals surface area contributed by atoms with Crippen molar-refractivity contribution in [2.75, 3.05) is 31.2 Å². The zero-order valence-corrected chi connectivity index (χ0v) is 17.3. The summed E-state index contributed by atoms with van der Waals surface area (Å²) < 4.78 is 48.0. The lowest BCUT2D eigenvalue weighted by atomic mass is 10.0. The molecule has 0 saturated carbocycles. The maximum Gasteiger partial charge on any atom is 0.269 e. The normalized spacial score (nSPS) is 21.2. The number of hydrogen-bond acceptors (Lipinski definition) is 5. The fourth-order valence-corrected chi connectivity index (χ4v) is 5.77. The summed E-state index contributed by atoms with van der Waals surface area (Å²) >= 11 is 0. The number of halogens is 1. The molecular formula is C22H22FN3O3S. The van der Waals surface area contributed by atoms with Crippen molar-refractivity contribution in [1.29, 1.82) is 0 Å². The molecule has 2 unspecified atom stereocenters. The van der Waals surface area contributed by atoms with Crippen molar-refractivity contribution in [2.45, 2.75) is 11.8 Å². The first-order valence-corrected chi connectivity index (χ1v) is 11.3. The van der Waals surface area contributed by atoms with E-state index in [0.29, 0.717) is 17.5 Å². The number of pyridine rings is 1. The summed E-state index contributed by atoms with van der Waals surface area (Å²) in [7, 11) is -3.95. The molecule has 1 aromatic carbocycles. The molecule has 156 valence electrons. The summed E-state index contributed by atoms with van der Waals surface area (Å²) in [5.74, 6) is 0.486.